The maximum absolute atomic E-state index is 13.1. The van der Waals surface area contributed by atoms with E-state index in [1.165, 1.54) is 17.6 Å². The number of ether oxygens (including phenoxy) is 1. The van der Waals surface area contributed by atoms with E-state index in [1.807, 2.05) is 12.1 Å². The van der Waals surface area contributed by atoms with Gasteiger partial charge in [0, 0.05) is 5.02 Å². The van der Waals surface area contributed by atoms with Gasteiger partial charge in [-0.3, -0.25) is 14.5 Å². The third-order valence-electron chi connectivity index (χ3n) is 6.20. The van der Waals surface area contributed by atoms with Gasteiger partial charge in [0.2, 0.25) is 5.91 Å². The van der Waals surface area contributed by atoms with Crippen molar-refractivity contribution in [2.24, 2.45) is 5.92 Å². The molecule has 7 heteroatoms. The van der Waals surface area contributed by atoms with E-state index in [-0.39, 0.29) is 18.2 Å². The number of hydrogen-bond acceptors (Lipinski definition) is 5. The van der Waals surface area contributed by atoms with E-state index >= 15 is 0 Å². The summed E-state index contributed by atoms with van der Waals surface area (Å²) < 4.78 is 4.69. The molecule has 0 unspecified atom stereocenters. The monoisotopic (exact) mass is 440 g/mol. The van der Waals surface area contributed by atoms with Crippen molar-refractivity contribution in [3.05, 3.63) is 64.7 Å². The largest absolute Gasteiger partial charge is 0.465 e. The Balaban J connectivity index is 1.37. The Labute approximate surface area is 186 Å². The number of carbonyl (C=O) groups excluding carboxylic acids is 3. The second-order valence-corrected chi connectivity index (χ2v) is 8.57. The molecule has 31 heavy (non-hydrogen) atoms. The highest BCUT2D eigenvalue weighted by atomic mass is 35.5. The van der Waals surface area contributed by atoms with Gasteiger partial charge in [-0.1, -0.05) is 23.7 Å². The Bertz CT molecular complexity index is 966. The molecule has 6 nitrogen and oxygen atoms in total. The Morgan fingerprint density at radius 2 is 1.68 bits per heavy atom. The molecule has 4 rings (SSSR count). The van der Waals surface area contributed by atoms with Crippen LogP contribution in [0.5, 0.6) is 0 Å². The fraction of sp³-hybridized carbons (Fsp3) is 0.375. The quantitative estimate of drug-likeness (QED) is 0.523. The zero-order valence-electron chi connectivity index (χ0n) is 17.4. The molecule has 0 N–H and O–H groups in total. The summed E-state index contributed by atoms with van der Waals surface area (Å²) in [5.74, 6) is -0.285. The summed E-state index contributed by atoms with van der Waals surface area (Å²) in [5.41, 5.74) is 2.14. The predicted octanol–water partition coefficient (Wildman–Crippen LogP) is 3.71. The fourth-order valence-electron chi connectivity index (χ4n) is 4.46. The van der Waals surface area contributed by atoms with Gasteiger partial charge in [-0.2, -0.15) is 0 Å². The summed E-state index contributed by atoms with van der Waals surface area (Å²) in [6.45, 7) is 1.61. The number of benzene rings is 2. The minimum Gasteiger partial charge on any atom is -0.465 e. The van der Waals surface area contributed by atoms with Crippen molar-refractivity contribution in [3.63, 3.8) is 0 Å². The van der Waals surface area contributed by atoms with Gasteiger partial charge in [-0.15, -0.1) is 0 Å². The Morgan fingerprint density at radius 3 is 2.29 bits per heavy atom. The number of esters is 1. The molecule has 2 aliphatic heterocycles. The summed E-state index contributed by atoms with van der Waals surface area (Å²) in [6.07, 6.45) is 3.18. The van der Waals surface area contributed by atoms with Crippen LogP contribution in [0.25, 0.3) is 0 Å². The molecule has 0 spiro atoms. The topological polar surface area (TPSA) is 66.9 Å². The van der Waals surface area contributed by atoms with E-state index in [2.05, 4.69) is 17.0 Å². The first-order valence-electron chi connectivity index (χ1n) is 10.5. The Morgan fingerprint density at radius 1 is 1.03 bits per heavy atom. The molecular weight excluding hydrogens is 416 g/mol. The van der Waals surface area contributed by atoms with Crippen LogP contribution in [0.1, 0.15) is 35.2 Å². The molecular formula is C24H25ClN2O4. The van der Waals surface area contributed by atoms with Crippen molar-refractivity contribution in [1.29, 1.82) is 0 Å². The highest BCUT2D eigenvalue weighted by Gasteiger charge is 2.43. The lowest BCUT2D eigenvalue weighted by molar-refractivity contribution is -0.123. The molecule has 0 saturated carbocycles. The minimum atomic E-state index is -0.454. The smallest absolute Gasteiger partial charge is 0.337 e. The normalized spacial score (nSPS) is 20.3. The van der Waals surface area contributed by atoms with Gasteiger partial charge in [0.1, 0.15) is 0 Å². The standard InChI is InChI=1S/C24H25ClN2O4/c1-31-24(30)18-4-8-20(9-5-18)27-22(28)15-21(23(27)29)26-12-10-17(11-13-26)14-16-2-6-19(25)7-3-16/h2-9,17,21H,10-15H2,1H3/t21-/m0/s1. The summed E-state index contributed by atoms with van der Waals surface area (Å²) in [4.78, 5) is 40.7. The maximum Gasteiger partial charge on any atom is 0.337 e. The van der Waals surface area contributed by atoms with Crippen LogP contribution in [0.15, 0.2) is 48.5 Å². The number of rotatable bonds is 5. The minimum absolute atomic E-state index is 0.188. The van der Waals surface area contributed by atoms with E-state index in [4.69, 9.17) is 16.3 Å². The maximum atomic E-state index is 13.1. The van der Waals surface area contributed by atoms with Gasteiger partial charge in [0.25, 0.3) is 5.91 Å². The van der Waals surface area contributed by atoms with Crippen LogP contribution < -0.4 is 4.90 Å². The predicted molar refractivity (Wildman–Crippen MR) is 118 cm³/mol. The molecule has 2 aromatic rings. The zero-order chi connectivity index (χ0) is 22.0. The number of carbonyl (C=O) groups is 3. The molecule has 2 fully saturated rings. The van der Waals surface area contributed by atoms with E-state index in [9.17, 15) is 14.4 Å². The fourth-order valence-corrected chi connectivity index (χ4v) is 4.59. The van der Waals surface area contributed by atoms with Crippen LogP contribution >= 0.6 is 11.6 Å². The number of piperidine rings is 1. The van der Waals surface area contributed by atoms with Gasteiger partial charge in [0.05, 0.1) is 30.8 Å². The Hall–Kier alpha value is -2.70. The number of methoxy groups -OCH3 is 1. The second-order valence-electron chi connectivity index (χ2n) is 8.14. The van der Waals surface area contributed by atoms with Crippen LogP contribution in [-0.4, -0.2) is 48.9 Å². The summed E-state index contributed by atoms with van der Waals surface area (Å²) in [7, 11) is 1.31. The van der Waals surface area contributed by atoms with Gasteiger partial charge >= 0.3 is 5.97 Å². The molecule has 0 radical (unpaired) electrons. The van der Waals surface area contributed by atoms with E-state index < -0.39 is 12.0 Å². The van der Waals surface area contributed by atoms with Crippen LogP contribution in [-0.2, 0) is 20.7 Å². The van der Waals surface area contributed by atoms with Crippen LogP contribution in [0.3, 0.4) is 0 Å². The molecule has 0 bridgehead atoms. The van der Waals surface area contributed by atoms with Crippen LogP contribution in [0.2, 0.25) is 5.02 Å². The number of amides is 2. The van der Waals surface area contributed by atoms with Crippen molar-refractivity contribution in [2.45, 2.75) is 31.7 Å². The first-order chi connectivity index (χ1) is 15.0. The number of nitrogens with zero attached hydrogens (tertiary/aromatic N) is 2. The molecule has 1 atom stereocenters. The summed E-state index contributed by atoms with van der Waals surface area (Å²) in [5, 5.41) is 0.743. The number of hydrogen-bond donors (Lipinski definition) is 0. The Kier molecular flexibility index (Phi) is 6.39. The zero-order valence-corrected chi connectivity index (χ0v) is 18.2. The lowest BCUT2D eigenvalue weighted by Gasteiger charge is -2.34. The number of anilines is 1. The second kappa shape index (κ2) is 9.20. The van der Waals surface area contributed by atoms with E-state index in [0.717, 1.165) is 37.4 Å². The van der Waals surface area contributed by atoms with Gasteiger partial charge in [-0.05, 0) is 80.2 Å². The third-order valence-corrected chi connectivity index (χ3v) is 6.45. The van der Waals surface area contributed by atoms with Crippen molar-refractivity contribution >= 4 is 35.1 Å². The molecule has 2 heterocycles. The SMILES string of the molecule is COC(=O)c1ccc(N2C(=O)C[C@H](N3CCC(Cc4ccc(Cl)cc4)CC3)C2=O)cc1. The first kappa shape index (κ1) is 21.5. The first-order valence-corrected chi connectivity index (χ1v) is 10.9. The molecule has 2 aliphatic rings. The van der Waals surface area contributed by atoms with Crippen molar-refractivity contribution in [3.8, 4) is 0 Å². The molecule has 2 saturated heterocycles. The molecule has 0 aromatic heterocycles. The number of halogens is 1. The van der Waals surface area contributed by atoms with Crippen molar-refractivity contribution < 1.29 is 19.1 Å². The molecule has 0 aliphatic carbocycles. The van der Waals surface area contributed by atoms with Crippen molar-refractivity contribution in [1.82, 2.24) is 4.90 Å². The summed E-state index contributed by atoms with van der Waals surface area (Å²) >= 11 is 5.97. The lowest BCUT2D eigenvalue weighted by atomic mass is 9.89. The average molecular weight is 441 g/mol. The molecule has 162 valence electrons. The van der Waals surface area contributed by atoms with E-state index in [0.29, 0.717) is 17.2 Å². The highest BCUT2D eigenvalue weighted by molar-refractivity contribution is 6.30. The average Bonchev–Trinajstić information content (AvgIpc) is 3.09. The van der Waals surface area contributed by atoms with Crippen LogP contribution in [0.4, 0.5) is 5.69 Å². The molecule has 2 aromatic carbocycles. The number of imide groups is 1. The van der Waals surface area contributed by atoms with Gasteiger partial charge < -0.3 is 4.74 Å². The highest BCUT2D eigenvalue weighted by Crippen LogP contribution is 2.30. The summed E-state index contributed by atoms with van der Waals surface area (Å²) in [6, 6.07) is 13.9. The van der Waals surface area contributed by atoms with Gasteiger partial charge in [0.15, 0.2) is 0 Å². The third kappa shape index (κ3) is 4.65. The van der Waals surface area contributed by atoms with E-state index in [1.54, 1.807) is 24.3 Å². The van der Waals surface area contributed by atoms with Crippen LogP contribution in [0, 0.1) is 5.92 Å². The number of likely N-dealkylation sites (tertiary alicyclic amines) is 1. The molecule has 2 amide bonds. The van der Waals surface area contributed by atoms with Gasteiger partial charge in [-0.25, -0.2) is 9.69 Å². The van der Waals surface area contributed by atoms with Crippen molar-refractivity contribution in [2.75, 3.05) is 25.1 Å². The lowest BCUT2D eigenvalue weighted by Crippen LogP contribution is -2.46.